The minimum absolute atomic E-state index is 0.415. The van der Waals surface area contributed by atoms with Crippen molar-refractivity contribution in [3.05, 3.63) is 12.7 Å². The van der Waals surface area contributed by atoms with Gasteiger partial charge in [0.1, 0.15) is 6.79 Å². The highest BCUT2D eigenvalue weighted by Crippen LogP contribution is 2.24. The van der Waals surface area contributed by atoms with E-state index in [-0.39, 0.29) is 0 Å². The predicted molar refractivity (Wildman–Crippen MR) is 80.2 cm³/mol. The highest BCUT2D eigenvalue weighted by molar-refractivity contribution is 4.85. The van der Waals surface area contributed by atoms with Crippen molar-refractivity contribution in [2.24, 2.45) is 5.92 Å². The Morgan fingerprint density at radius 3 is 2.84 bits per heavy atom. The van der Waals surface area contributed by atoms with E-state index in [0.29, 0.717) is 18.9 Å². The Hall–Kier alpha value is -0.380. The van der Waals surface area contributed by atoms with Crippen molar-refractivity contribution < 1.29 is 9.47 Å². The first-order chi connectivity index (χ1) is 9.27. The summed E-state index contributed by atoms with van der Waals surface area (Å²) in [6.45, 7) is 7.38. The number of nitrogens with one attached hydrogen (secondary N) is 1. The van der Waals surface area contributed by atoms with E-state index in [9.17, 15) is 0 Å². The molecular weight excluding hydrogens is 238 g/mol. The van der Waals surface area contributed by atoms with Crippen LogP contribution in [0.2, 0.25) is 0 Å². The van der Waals surface area contributed by atoms with Crippen molar-refractivity contribution in [1.29, 1.82) is 0 Å². The SMILES string of the molecule is C=CCCC[C@@H]1CC[C@@H](C)[C@H](CCCOCOC)N1. The van der Waals surface area contributed by atoms with Crippen molar-refractivity contribution in [2.45, 2.75) is 64.0 Å². The van der Waals surface area contributed by atoms with Crippen LogP contribution in [0.4, 0.5) is 0 Å². The molecule has 1 heterocycles. The molecule has 3 nitrogen and oxygen atoms in total. The lowest BCUT2D eigenvalue weighted by Gasteiger charge is -2.36. The molecule has 1 N–H and O–H groups in total. The number of allylic oxidation sites excluding steroid dienone is 1. The summed E-state index contributed by atoms with van der Waals surface area (Å²) in [6, 6.07) is 1.37. The van der Waals surface area contributed by atoms with E-state index in [0.717, 1.165) is 25.4 Å². The van der Waals surface area contributed by atoms with Gasteiger partial charge in [-0.25, -0.2) is 0 Å². The third kappa shape index (κ3) is 7.09. The van der Waals surface area contributed by atoms with Crippen molar-refractivity contribution in [3.8, 4) is 0 Å². The van der Waals surface area contributed by atoms with Crippen LogP contribution >= 0.6 is 0 Å². The van der Waals surface area contributed by atoms with Gasteiger partial charge in [0.25, 0.3) is 0 Å². The monoisotopic (exact) mass is 269 g/mol. The van der Waals surface area contributed by atoms with E-state index in [1.54, 1.807) is 7.11 Å². The van der Waals surface area contributed by atoms with E-state index < -0.39 is 0 Å². The molecule has 0 saturated carbocycles. The van der Waals surface area contributed by atoms with Gasteiger partial charge in [-0.1, -0.05) is 13.0 Å². The molecular formula is C16H31NO2. The molecule has 0 aromatic heterocycles. The van der Waals surface area contributed by atoms with E-state index in [1.807, 2.05) is 6.08 Å². The molecule has 3 heteroatoms. The van der Waals surface area contributed by atoms with Crippen LogP contribution in [-0.2, 0) is 9.47 Å². The molecule has 0 unspecified atom stereocenters. The first-order valence-electron chi connectivity index (χ1n) is 7.71. The highest BCUT2D eigenvalue weighted by Gasteiger charge is 2.25. The molecule has 0 amide bonds. The third-order valence-electron chi connectivity index (χ3n) is 4.07. The van der Waals surface area contributed by atoms with Gasteiger partial charge in [0, 0.05) is 25.8 Å². The maximum absolute atomic E-state index is 5.35. The molecule has 1 aliphatic heterocycles. The Morgan fingerprint density at radius 1 is 1.26 bits per heavy atom. The lowest BCUT2D eigenvalue weighted by Crippen LogP contribution is -2.46. The minimum atomic E-state index is 0.415. The molecule has 1 aliphatic rings. The quantitative estimate of drug-likeness (QED) is 0.374. The van der Waals surface area contributed by atoms with Crippen molar-refractivity contribution >= 4 is 0 Å². The average molecular weight is 269 g/mol. The Labute approximate surface area is 118 Å². The van der Waals surface area contributed by atoms with E-state index in [4.69, 9.17) is 9.47 Å². The fourth-order valence-electron chi connectivity index (χ4n) is 2.87. The van der Waals surface area contributed by atoms with Gasteiger partial charge in [-0.15, -0.1) is 6.58 Å². The summed E-state index contributed by atoms with van der Waals surface area (Å²) in [7, 11) is 1.67. The Kier molecular flexibility index (Phi) is 9.14. The first-order valence-corrected chi connectivity index (χ1v) is 7.71. The van der Waals surface area contributed by atoms with Crippen molar-refractivity contribution in [1.82, 2.24) is 5.32 Å². The first kappa shape index (κ1) is 16.7. The zero-order valence-corrected chi connectivity index (χ0v) is 12.7. The summed E-state index contributed by atoms with van der Waals surface area (Å²) < 4.78 is 10.2. The highest BCUT2D eigenvalue weighted by atomic mass is 16.7. The smallest absolute Gasteiger partial charge is 0.146 e. The Balaban J connectivity index is 2.17. The van der Waals surface area contributed by atoms with Gasteiger partial charge in [0.05, 0.1) is 0 Å². The minimum Gasteiger partial charge on any atom is -0.359 e. The number of rotatable bonds is 10. The summed E-state index contributed by atoms with van der Waals surface area (Å²) in [4.78, 5) is 0. The molecule has 1 rings (SSSR count). The molecule has 19 heavy (non-hydrogen) atoms. The van der Waals surface area contributed by atoms with Gasteiger partial charge < -0.3 is 14.8 Å². The van der Waals surface area contributed by atoms with E-state index in [2.05, 4.69) is 18.8 Å². The molecule has 0 bridgehead atoms. The summed E-state index contributed by atoms with van der Waals surface area (Å²) in [5.74, 6) is 0.790. The van der Waals surface area contributed by atoms with Gasteiger partial charge in [-0.2, -0.15) is 0 Å². The molecule has 0 aromatic carbocycles. The average Bonchev–Trinajstić information content (AvgIpc) is 2.42. The number of hydrogen-bond donors (Lipinski definition) is 1. The number of unbranched alkanes of at least 4 members (excludes halogenated alkanes) is 1. The topological polar surface area (TPSA) is 30.5 Å². The fourth-order valence-corrected chi connectivity index (χ4v) is 2.87. The lowest BCUT2D eigenvalue weighted by molar-refractivity contribution is -0.0325. The Morgan fingerprint density at radius 2 is 2.11 bits per heavy atom. The van der Waals surface area contributed by atoms with Crippen LogP contribution in [0.15, 0.2) is 12.7 Å². The van der Waals surface area contributed by atoms with Crippen LogP contribution in [0, 0.1) is 5.92 Å². The molecule has 0 spiro atoms. The van der Waals surface area contributed by atoms with Crippen molar-refractivity contribution in [2.75, 3.05) is 20.5 Å². The van der Waals surface area contributed by atoms with Gasteiger partial charge in [-0.05, 0) is 50.9 Å². The van der Waals surface area contributed by atoms with Crippen LogP contribution in [-0.4, -0.2) is 32.6 Å². The van der Waals surface area contributed by atoms with Crippen LogP contribution in [0.3, 0.4) is 0 Å². The van der Waals surface area contributed by atoms with Crippen LogP contribution in [0.25, 0.3) is 0 Å². The summed E-state index contributed by atoms with van der Waals surface area (Å²) >= 11 is 0. The summed E-state index contributed by atoms with van der Waals surface area (Å²) in [5, 5.41) is 3.83. The molecule has 1 fully saturated rings. The summed E-state index contributed by atoms with van der Waals surface area (Å²) in [5.41, 5.74) is 0. The van der Waals surface area contributed by atoms with Crippen molar-refractivity contribution in [3.63, 3.8) is 0 Å². The van der Waals surface area contributed by atoms with Gasteiger partial charge in [0.15, 0.2) is 0 Å². The lowest BCUT2D eigenvalue weighted by atomic mass is 9.85. The molecule has 0 aliphatic carbocycles. The number of ether oxygens (including phenoxy) is 2. The second kappa shape index (κ2) is 10.4. The van der Waals surface area contributed by atoms with E-state index in [1.165, 1.54) is 32.1 Å². The van der Waals surface area contributed by atoms with Crippen LogP contribution in [0.1, 0.15) is 51.9 Å². The van der Waals surface area contributed by atoms with Gasteiger partial charge in [0.2, 0.25) is 0 Å². The second-order valence-electron chi connectivity index (χ2n) is 5.70. The van der Waals surface area contributed by atoms with Gasteiger partial charge >= 0.3 is 0 Å². The standard InChI is InChI=1S/C16H31NO2/c1-4-5-6-8-15-11-10-14(2)16(17-15)9-7-12-19-13-18-3/h4,14-17H,1,5-13H2,2-3H3/t14-,15-,16+/m1/s1. The predicted octanol–water partition coefficient (Wildman–Crippen LogP) is 3.50. The summed E-state index contributed by atoms with van der Waals surface area (Å²) in [6.07, 6.45) is 10.7. The van der Waals surface area contributed by atoms with Crippen LogP contribution in [0.5, 0.6) is 0 Å². The zero-order valence-electron chi connectivity index (χ0n) is 12.7. The third-order valence-corrected chi connectivity index (χ3v) is 4.07. The molecule has 112 valence electrons. The normalized spacial score (nSPS) is 27.4. The maximum Gasteiger partial charge on any atom is 0.146 e. The van der Waals surface area contributed by atoms with Crippen LogP contribution < -0.4 is 5.32 Å². The number of hydrogen-bond acceptors (Lipinski definition) is 3. The maximum atomic E-state index is 5.35. The molecule has 0 radical (unpaired) electrons. The molecule has 3 atom stereocenters. The molecule has 1 saturated heterocycles. The largest absolute Gasteiger partial charge is 0.359 e. The van der Waals surface area contributed by atoms with E-state index >= 15 is 0 Å². The Bertz CT molecular complexity index is 233. The van der Waals surface area contributed by atoms with Gasteiger partial charge in [-0.3, -0.25) is 0 Å². The zero-order chi connectivity index (χ0) is 13.9. The fraction of sp³-hybridized carbons (Fsp3) is 0.875. The number of methoxy groups -OCH3 is 1. The number of piperidine rings is 1. The second-order valence-corrected chi connectivity index (χ2v) is 5.70. The molecule has 0 aromatic rings.